The number of hydrogen-bond acceptors (Lipinski definition) is 2. The van der Waals surface area contributed by atoms with Gasteiger partial charge in [-0.3, -0.25) is 0 Å². The molecule has 0 saturated carbocycles. The van der Waals surface area contributed by atoms with Gasteiger partial charge in [0.1, 0.15) is 0 Å². The van der Waals surface area contributed by atoms with Gasteiger partial charge in [0, 0.05) is 4.90 Å². The van der Waals surface area contributed by atoms with Gasteiger partial charge in [0.2, 0.25) is 0 Å². The number of aromatic carboxylic acids is 1. The van der Waals surface area contributed by atoms with Crippen molar-refractivity contribution in [3.8, 4) is 0 Å². The Bertz CT molecular complexity index is 263. The summed E-state index contributed by atoms with van der Waals surface area (Å²) in [7, 11) is 0. The Morgan fingerprint density at radius 3 is 2.25 bits per heavy atom. The number of thiol groups is 1. The van der Waals surface area contributed by atoms with Crippen LogP contribution in [-0.4, -0.2) is 11.1 Å². The van der Waals surface area contributed by atoms with E-state index in [-0.39, 0.29) is 5.56 Å². The molecule has 1 aromatic rings. The average Bonchev–Trinajstić information content (AvgIpc) is 2.08. The fraction of sp³-hybridized carbons (Fsp3) is 0.125. The van der Waals surface area contributed by atoms with E-state index in [1.165, 1.54) is 6.07 Å². The van der Waals surface area contributed by atoms with Crippen molar-refractivity contribution in [2.75, 3.05) is 0 Å². The molecule has 0 atom stereocenters. The molecule has 0 saturated heterocycles. The molecule has 0 aliphatic carbocycles. The Labute approximate surface area is 93.4 Å². The second-order valence-corrected chi connectivity index (χ2v) is 2.30. The average molecular weight is 370 g/mol. The number of benzene rings is 1. The van der Waals surface area contributed by atoms with Crippen LogP contribution in [0.25, 0.3) is 0 Å². The predicted molar refractivity (Wildman–Crippen MR) is 46.5 cm³/mol. The molecule has 61 valence electrons. The van der Waals surface area contributed by atoms with Crippen molar-refractivity contribution in [3.63, 3.8) is 0 Å². The molecule has 0 heterocycles. The minimum absolute atomic E-state index is 0.242. The Morgan fingerprint density at radius 2 is 1.92 bits per heavy atom. The van der Waals surface area contributed by atoms with Gasteiger partial charge in [-0.05, 0) is 12.1 Å². The standard InChI is InChI=1S/C7H6O2S.CH3.Hg/c8-7(9)5-3-1-2-4-6(5)10;;/h1-4,10H,(H,8,9);1H3;. The maximum atomic E-state index is 10.4. The van der Waals surface area contributed by atoms with Gasteiger partial charge in [-0.15, -0.1) is 12.6 Å². The summed E-state index contributed by atoms with van der Waals surface area (Å²) in [5, 5.41) is 8.52. The zero-order valence-corrected chi connectivity index (χ0v) is 13.2. The fourth-order valence-electron chi connectivity index (χ4n) is 0.654. The molecule has 1 N–H and O–H groups in total. The second-order valence-electron chi connectivity index (χ2n) is 1.82. The molecule has 0 amide bonds. The first-order valence-electron chi connectivity index (χ1n) is 3.44. The van der Waals surface area contributed by atoms with Crippen molar-refractivity contribution < 1.29 is 36.0 Å². The molecule has 0 aliphatic heterocycles. The van der Waals surface area contributed by atoms with Gasteiger partial charge in [-0.25, -0.2) is 4.79 Å². The molecule has 2 nitrogen and oxygen atoms in total. The molecule has 0 fully saturated rings. The van der Waals surface area contributed by atoms with E-state index >= 15 is 0 Å². The zero-order chi connectivity index (χ0) is 9.56. The van der Waals surface area contributed by atoms with Crippen LogP contribution < -0.4 is 0 Å². The second kappa shape index (κ2) is 6.49. The van der Waals surface area contributed by atoms with Crippen LogP contribution in [0.5, 0.6) is 0 Å². The Kier molecular flexibility index (Phi) is 6.47. The van der Waals surface area contributed by atoms with E-state index in [1.807, 2.05) is 0 Å². The summed E-state index contributed by atoms with van der Waals surface area (Å²) in [4.78, 5) is 10.9. The van der Waals surface area contributed by atoms with Crippen LogP contribution >= 0.6 is 12.6 Å². The Morgan fingerprint density at radius 1 is 1.42 bits per heavy atom. The molecule has 0 unspecified atom stereocenters. The van der Waals surface area contributed by atoms with Gasteiger partial charge >= 0.3 is 36.5 Å². The van der Waals surface area contributed by atoms with E-state index in [2.05, 4.69) is 17.1 Å². The number of carboxylic acids is 1. The summed E-state index contributed by atoms with van der Waals surface area (Å²) in [6, 6.07) is 6.58. The van der Waals surface area contributed by atoms with Crippen LogP contribution in [0.3, 0.4) is 0 Å². The normalized spacial score (nSPS) is 8.33. The molecule has 0 aliphatic rings. The molecule has 1 aromatic carbocycles. The summed E-state index contributed by atoms with van der Waals surface area (Å²) in [6.45, 7) is 0. The molecule has 0 aromatic heterocycles. The van der Waals surface area contributed by atoms with Crippen molar-refractivity contribution in [3.05, 3.63) is 29.8 Å². The molecular weight excluding hydrogens is 361 g/mol. The third-order valence-corrected chi connectivity index (χ3v) is 1.52. The predicted octanol–water partition coefficient (Wildman–Crippen LogP) is 2.25. The molecule has 12 heavy (non-hydrogen) atoms. The summed E-state index contributed by atoms with van der Waals surface area (Å²) in [6.07, 6.45) is 0. The van der Waals surface area contributed by atoms with E-state index in [0.717, 1.165) is 26.1 Å². The van der Waals surface area contributed by atoms with Crippen molar-refractivity contribution in [2.45, 2.75) is 9.33 Å². The van der Waals surface area contributed by atoms with Crippen LogP contribution in [0, 0.1) is 0 Å². The Hall–Kier alpha value is -0.0249. The Balaban J connectivity index is 0.000000561. The van der Waals surface area contributed by atoms with Crippen molar-refractivity contribution in [2.24, 2.45) is 0 Å². The van der Waals surface area contributed by atoms with Crippen LogP contribution in [0.15, 0.2) is 29.2 Å². The monoisotopic (exact) mass is 371 g/mol. The van der Waals surface area contributed by atoms with Gasteiger partial charge in [-0.2, -0.15) is 0 Å². The number of hydrogen-bond donors (Lipinski definition) is 2. The van der Waals surface area contributed by atoms with Crippen molar-refractivity contribution >= 4 is 18.6 Å². The first-order valence-corrected chi connectivity index (χ1v) is 9.38. The molecular formula is C8H9HgO2S. The summed E-state index contributed by atoms with van der Waals surface area (Å²) in [5.41, 5.74) is 0.242. The first-order chi connectivity index (χ1) is 5.72. The van der Waals surface area contributed by atoms with E-state index in [4.69, 9.17) is 5.11 Å². The van der Waals surface area contributed by atoms with Gasteiger partial charge in [-0.1, -0.05) is 12.1 Å². The minimum atomic E-state index is -0.939. The topological polar surface area (TPSA) is 37.3 Å². The number of carboxylic acid groups (broad SMARTS) is 1. The van der Waals surface area contributed by atoms with E-state index in [1.54, 1.807) is 18.2 Å². The fourth-order valence-corrected chi connectivity index (χ4v) is 0.911. The zero-order valence-electron chi connectivity index (χ0n) is 6.82. The molecule has 0 radical (unpaired) electrons. The maximum absolute atomic E-state index is 10.4. The molecule has 0 spiro atoms. The van der Waals surface area contributed by atoms with Crippen molar-refractivity contribution in [1.29, 1.82) is 0 Å². The molecule has 1 rings (SSSR count). The number of carbonyl (C=O) groups is 1. The van der Waals surface area contributed by atoms with E-state index in [0.29, 0.717) is 4.90 Å². The van der Waals surface area contributed by atoms with Crippen LogP contribution in [-0.2, 0) is 26.1 Å². The van der Waals surface area contributed by atoms with Gasteiger partial charge in [0.25, 0.3) is 0 Å². The SMILES string of the molecule is O=C(O)c1ccccc1S.[CH3][Hg]. The van der Waals surface area contributed by atoms with E-state index < -0.39 is 5.97 Å². The summed E-state index contributed by atoms with van der Waals surface area (Å²) in [5.74, 6) is -0.939. The summed E-state index contributed by atoms with van der Waals surface area (Å²) >= 11 is 4.98. The molecule has 0 bridgehead atoms. The van der Waals surface area contributed by atoms with Crippen LogP contribution in [0.1, 0.15) is 10.4 Å². The third kappa shape index (κ3) is 3.58. The van der Waals surface area contributed by atoms with Crippen LogP contribution in [0.2, 0.25) is 4.43 Å². The first kappa shape index (κ1) is 12.0. The van der Waals surface area contributed by atoms with Gasteiger partial charge in [0.05, 0.1) is 5.56 Å². The summed E-state index contributed by atoms with van der Waals surface area (Å²) < 4.78 is 2.19. The van der Waals surface area contributed by atoms with Crippen LogP contribution in [0.4, 0.5) is 0 Å². The number of rotatable bonds is 1. The van der Waals surface area contributed by atoms with Crippen molar-refractivity contribution in [1.82, 2.24) is 0 Å². The van der Waals surface area contributed by atoms with E-state index in [9.17, 15) is 4.79 Å². The molecule has 4 heteroatoms. The van der Waals surface area contributed by atoms with Gasteiger partial charge in [0.15, 0.2) is 0 Å². The third-order valence-electron chi connectivity index (χ3n) is 1.13. The van der Waals surface area contributed by atoms with Gasteiger partial charge < -0.3 is 5.11 Å². The quantitative estimate of drug-likeness (QED) is 0.588.